The summed E-state index contributed by atoms with van der Waals surface area (Å²) in [7, 11) is -2.29. The highest BCUT2D eigenvalue weighted by Gasteiger charge is 2.47. The van der Waals surface area contributed by atoms with Crippen molar-refractivity contribution in [3.05, 3.63) is 36.3 Å². The molecule has 0 saturated heterocycles. The Hall–Kier alpha value is -3.58. The molecule has 3 N–H and O–H groups in total. The number of hydrogen-bond donors (Lipinski definition) is 2. The van der Waals surface area contributed by atoms with E-state index in [-0.39, 0.29) is 22.4 Å². The Kier molecular flexibility index (Phi) is 6.15. The van der Waals surface area contributed by atoms with Crippen molar-refractivity contribution in [3.63, 3.8) is 0 Å². The zero-order valence-corrected chi connectivity index (χ0v) is 21.7. The molecule has 0 radical (unpaired) electrons. The predicted molar refractivity (Wildman–Crippen MR) is 139 cm³/mol. The Labute approximate surface area is 214 Å². The van der Waals surface area contributed by atoms with Gasteiger partial charge in [0.05, 0.1) is 10.6 Å². The van der Waals surface area contributed by atoms with Gasteiger partial charge < -0.3 is 10.2 Å². The van der Waals surface area contributed by atoms with Crippen molar-refractivity contribution in [2.45, 2.75) is 56.4 Å². The molecule has 1 amide bonds. The highest BCUT2D eigenvalue weighted by atomic mass is 32.2. The van der Waals surface area contributed by atoms with Gasteiger partial charge in [-0.3, -0.25) is 9.36 Å². The molecule has 13 heteroatoms. The van der Waals surface area contributed by atoms with Crippen LogP contribution in [0.3, 0.4) is 0 Å². The number of rotatable bonds is 4. The summed E-state index contributed by atoms with van der Waals surface area (Å²) in [6.07, 6.45) is 6.32. The number of fused-ring (bicyclic) bond motifs is 4. The van der Waals surface area contributed by atoms with Crippen LogP contribution in [0.1, 0.15) is 46.0 Å². The second kappa shape index (κ2) is 9.06. The van der Waals surface area contributed by atoms with Crippen LogP contribution in [-0.4, -0.2) is 53.2 Å². The first kappa shape index (κ1) is 25.1. The van der Waals surface area contributed by atoms with Gasteiger partial charge in [0.1, 0.15) is 22.8 Å². The lowest BCUT2D eigenvalue weighted by Gasteiger charge is -2.47. The highest BCUT2D eigenvalue weighted by Crippen LogP contribution is 2.45. The van der Waals surface area contributed by atoms with Crippen molar-refractivity contribution in [2.75, 3.05) is 23.9 Å². The van der Waals surface area contributed by atoms with Crippen LogP contribution >= 0.6 is 0 Å². The number of hydrazone groups is 1. The minimum Gasteiger partial charge on any atom is -0.322 e. The number of amides is 1. The van der Waals surface area contributed by atoms with E-state index in [2.05, 4.69) is 14.9 Å². The zero-order chi connectivity index (χ0) is 26.5. The monoisotopic (exact) mass is 528 g/mol. The third kappa shape index (κ3) is 4.21. The molecule has 1 aliphatic heterocycles. The number of primary sulfonamides is 1. The fourth-order valence-electron chi connectivity index (χ4n) is 5.25. The maximum absolute atomic E-state index is 14.7. The van der Waals surface area contributed by atoms with Crippen LogP contribution in [0.5, 0.6) is 0 Å². The number of halogens is 1. The second-order valence-electron chi connectivity index (χ2n) is 9.43. The van der Waals surface area contributed by atoms with Gasteiger partial charge in [-0.15, -0.1) is 0 Å². The van der Waals surface area contributed by atoms with Crippen molar-refractivity contribution in [1.29, 1.82) is 0 Å². The quantitative estimate of drug-likeness (QED) is 0.530. The molecule has 1 fully saturated rings. The lowest BCUT2D eigenvalue weighted by molar-refractivity contribution is -0.124. The molecule has 5 rings (SSSR count). The number of likely N-dealkylation sites (N-methyl/N-ethyl adjacent to an activating group) is 1. The molecule has 1 aliphatic carbocycles. The molecule has 3 heterocycles. The van der Waals surface area contributed by atoms with E-state index in [0.717, 1.165) is 49.4 Å². The number of sulfonamides is 1. The normalized spacial score (nSPS) is 17.0. The second-order valence-corrected chi connectivity index (χ2v) is 11.0. The Morgan fingerprint density at radius 2 is 1.97 bits per heavy atom. The van der Waals surface area contributed by atoms with Crippen LogP contribution in [0.15, 0.2) is 40.5 Å². The number of carbonyl (C=O) groups excluding carboxylic acids is 1. The van der Waals surface area contributed by atoms with Gasteiger partial charge in [-0.2, -0.15) is 10.1 Å². The third-order valence-electron chi connectivity index (χ3n) is 7.13. The van der Waals surface area contributed by atoms with E-state index in [4.69, 9.17) is 15.2 Å². The van der Waals surface area contributed by atoms with Gasteiger partial charge in [-0.1, -0.05) is 19.3 Å². The van der Waals surface area contributed by atoms with Gasteiger partial charge in [-0.25, -0.2) is 27.9 Å². The van der Waals surface area contributed by atoms with E-state index in [1.54, 1.807) is 18.1 Å². The number of carbonyl (C=O) groups is 1. The number of amidine groups is 1. The van der Waals surface area contributed by atoms with E-state index < -0.39 is 21.4 Å². The van der Waals surface area contributed by atoms with Gasteiger partial charge in [0.25, 0.3) is 0 Å². The summed E-state index contributed by atoms with van der Waals surface area (Å²) >= 11 is 0. The molecule has 2 aliphatic rings. The van der Waals surface area contributed by atoms with Crippen molar-refractivity contribution in [1.82, 2.24) is 19.4 Å². The van der Waals surface area contributed by atoms with Crippen LogP contribution in [0.25, 0.3) is 11.0 Å². The molecule has 1 saturated carbocycles. The SMILES string of the molecule is CCN1N=C(N(C)C(C)=O)C2(CCCCC2)n2c1cc1cnc(Nc3ccc(S(N)(=O)=O)cc3F)nc12. The average Bonchev–Trinajstić information content (AvgIpc) is 3.25. The fraction of sp³-hybridized carbons (Fsp3) is 0.417. The van der Waals surface area contributed by atoms with Gasteiger partial charge in [-0.05, 0) is 44.0 Å². The molecule has 1 spiro atoms. The standard InChI is InChI=1S/C24H29FN8O3S/c1-4-32-20-12-16-14-27-23(28-19-9-8-17(13-18(19)25)37(26,35)36)29-21(16)33(20)24(10-6-5-7-11-24)22(30-32)31(3)15(2)34/h8-9,12-14H,4-7,10-11H2,1-3H3,(H2,26,35,36)(H,27,28,29). The highest BCUT2D eigenvalue weighted by molar-refractivity contribution is 7.89. The van der Waals surface area contributed by atoms with Crippen LogP contribution < -0.4 is 15.5 Å². The lowest BCUT2D eigenvalue weighted by Crippen LogP contribution is -2.55. The zero-order valence-electron chi connectivity index (χ0n) is 20.9. The molecule has 0 bridgehead atoms. The summed E-state index contributed by atoms with van der Waals surface area (Å²) < 4.78 is 39.9. The van der Waals surface area contributed by atoms with Crippen molar-refractivity contribution >= 4 is 50.3 Å². The number of benzene rings is 1. The lowest BCUT2D eigenvalue weighted by atomic mass is 9.79. The van der Waals surface area contributed by atoms with Gasteiger partial charge in [0.2, 0.25) is 21.9 Å². The summed E-state index contributed by atoms with van der Waals surface area (Å²) in [6, 6.07) is 5.33. The maximum atomic E-state index is 14.7. The van der Waals surface area contributed by atoms with E-state index >= 15 is 0 Å². The van der Waals surface area contributed by atoms with Gasteiger partial charge in [0, 0.05) is 32.1 Å². The van der Waals surface area contributed by atoms with E-state index in [9.17, 15) is 17.6 Å². The Morgan fingerprint density at radius 3 is 2.59 bits per heavy atom. The molecule has 0 atom stereocenters. The first-order valence-electron chi connectivity index (χ1n) is 12.1. The Balaban J connectivity index is 1.64. The number of anilines is 3. The molecular formula is C24H29FN8O3S. The van der Waals surface area contributed by atoms with Crippen LogP contribution in [0.4, 0.5) is 21.8 Å². The molecule has 1 aromatic carbocycles. The molecule has 0 unspecified atom stereocenters. The minimum absolute atomic E-state index is 0.0123. The summed E-state index contributed by atoms with van der Waals surface area (Å²) in [5.41, 5.74) is 0.0900. The fourth-order valence-corrected chi connectivity index (χ4v) is 5.77. The summed E-state index contributed by atoms with van der Waals surface area (Å²) in [5.74, 6) is 0.786. The maximum Gasteiger partial charge on any atom is 0.238 e. The van der Waals surface area contributed by atoms with Crippen LogP contribution in [0.2, 0.25) is 0 Å². The van der Waals surface area contributed by atoms with Crippen molar-refractivity contribution in [3.8, 4) is 0 Å². The Bertz CT molecular complexity index is 1530. The van der Waals surface area contributed by atoms with E-state index in [1.165, 1.54) is 19.1 Å². The van der Waals surface area contributed by atoms with Crippen LogP contribution in [0, 0.1) is 5.82 Å². The molecule has 37 heavy (non-hydrogen) atoms. The average molecular weight is 529 g/mol. The van der Waals surface area contributed by atoms with Crippen molar-refractivity contribution < 1.29 is 17.6 Å². The first-order valence-corrected chi connectivity index (χ1v) is 13.7. The van der Waals surface area contributed by atoms with E-state index in [0.29, 0.717) is 18.0 Å². The predicted octanol–water partition coefficient (Wildman–Crippen LogP) is 3.25. The molecule has 3 aromatic rings. The summed E-state index contributed by atoms with van der Waals surface area (Å²) in [5, 5.41) is 15.5. The molecule has 11 nitrogen and oxygen atoms in total. The number of aromatic nitrogens is 3. The van der Waals surface area contributed by atoms with E-state index in [1.807, 2.05) is 18.0 Å². The largest absolute Gasteiger partial charge is 0.322 e. The van der Waals surface area contributed by atoms with Crippen LogP contribution in [-0.2, 0) is 20.4 Å². The Morgan fingerprint density at radius 1 is 1.24 bits per heavy atom. The van der Waals surface area contributed by atoms with Gasteiger partial charge >= 0.3 is 0 Å². The van der Waals surface area contributed by atoms with Crippen molar-refractivity contribution in [2.24, 2.45) is 10.2 Å². The van der Waals surface area contributed by atoms with Gasteiger partial charge in [0.15, 0.2) is 5.84 Å². The first-order chi connectivity index (χ1) is 17.5. The minimum atomic E-state index is -4.03. The smallest absolute Gasteiger partial charge is 0.238 e. The number of nitrogens with zero attached hydrogens (tertiary/aromatic N) is 6. The third-order valence-corrected chi connectivity index (χ3v) is 8.04. The topological polar surface area (TPSA) is 139 Å². The number of nitrogens with one attached hydrogen (secondary N) is 1. The summed E-state index contributed by atoms with van der Waals surface area (Å²) in [4.78, 5) is 22.9. The number of hydrogen-bond acceptors (Lipinski definition) is 8. The molecule has 2 aromatic heterocycles. The number of nitrogens with two attached hydrogens (primary N) is 1. The summed E-state index contributed by atoms with van der Waals surface area (Å²) in [6.45, 7) is 4.10. The molecular weight excluding hydrogens is 499 g/mol. The molecule has 196 valence electrons.